The Hall–Kier alpha value is 0.639. The van der Waals surface area contributed by atoms with Gasteiger partial charge in [0.15, 0.2) is 0 Å². The molecular formula is C6H13NO3Sn+. The van der Waals surface area contributed by atoms with Crippen LogP contribution in [0, 0.1) is 0 Å². The topological polar surface area (TPSA) is 41.9 Å². The molecule has 1 saturated heterocycles. The summed E-state index contributed by atoms with van der Waals surface area (Å²) in [7, 11) is 0. The summed E-state index contributed by atoms with van der Waals surface area (Å²) in [4.78, 5) is 4.53. The predicted octanol–water partition coefficient (Wildman–Crippen LogP) is 0.959. The molecular weight excluding hydrogens is 253 g/mol. The Kier molecular flexibility index (Phi) is 5.47. The molecule has 1 heterocycles. The summed E-state index contributed by atoms with van der Waals surface area (Å²) in [5.74, 6) is 0. The molecule has 1 radical (unpaired) electrons. The fraction of sp³-hybridized carbons (Fsp3) is 1.00. The number of hydrogen-bond donors (Lipinski definition) is 1. The van der Waals surface area contributed by atoms with Crippen molar-refractivity contribution in [3.8, 4) is 0 Å². The molecule has 0 saturated carbocycles. The zero-order valence-corrected chi connectivity index (χ0v) is 9.31. The van der Waals surface area contributed by atoms with Crippen molar-refractivity contribution in [2.45, 2.75) is 21.7 Å². The predicted molar refractivity (Wildman–Crippen MR) is 41.0 cm³/mol. The first-order valence-corrected chi connectivity index (χ1v) is 7.91. The van der Waals surface area contributed by atoms with Gasteiger partial charge in [0.05, 0.1) is 0 Å². The fourth-order valence-corrected chi connectivity index (χ4v) is 4.16. The van der Waals surface area contributed by atoms with E-state index in [4.69, 9.17) is 5.26 Å². The number of nitrogens with zero attached hydrogens (tertiary/aromatic N) is 1. The molecule has 0 bridgehead atoms. The average Bonchev–Trinajstić information content (AvgIpc) is 1.94. The van der Waals surface area contributed by atoms with Gasteiger partial charge in [0, 0.05) is 0 Å². The van der Waals surface area contributed by atoms with E-state index in [2.05, 4.69) is 10.0 Å². The first-order valence-electron chi connectivity index (χ1n) is 3.87. The van der Waals surface area contributed by atoms with E-state index in [0.29, 0.717) is 0 Å². The molecule has 0 aromatic rings. The third-order valence-electron chi connectivity index (χ3n) is 1.66. The van der Waals surface area contributed by atoms with Gasteiger partial charge >= 0.3 is 76.3 Å². The summed E-state index contributed by atoms with van der Waals surface area (Å²) in [6.07, 6.45) is 2.38. The monoisotopic (exact) mass is 267 g/mol. The van der Waals surface area contributed by atoms with Gasteiger partial charge in [-0.15, -0.1) is 0 Å². The van der Waals surface area contributed by atoms with Crippen molar-refractivity contribution in [2.24, 2.45) is 0 Å². The molecule has 0 spiro atoms. The van der Waals surface area contributed by atoms with Crippen LogP contribution in [-0.2, 0) is 10.0 Å². The van der Waals surface area contributed by atoms with Gasteiger partial charge in [-0.1, -0.05) is 0 Å². The number of rotatable bonds is 2. The van der Waals surface area contributed by atoms with Gasteiger partial charge in [0.25, 0.3) is 0 Å². The van der Waals surface area contributed by atoms with Gasteiger partial charge < -0.3 is 0 Å². The fourth-order valence-electron chi connectivity index (χ4n) is 1.12. The molecule has 1 rings (SSSR count). The third kappa shape index (κ3) is 4.27. The molecule has 1 aliphatic heterocycles. The molecule has 0 aromatic carbocycles. The molecule has 0 unspecified atom stereocenters. The summed E-state index contributed by atoms with van der Waals surface area (Å²) >= 11 is -0.0134. The van der Waals surface area contributed by atoms with Crippen molar-refractivity contribution >= 4 is 21.1 Å². The van der Waals surface area contributed by atoms with Crippen LogP contribution >= 0.6 is 0 Å². The molecule has 1 N–H and O–H groups in total. The standard InChI is InChI=1S/C6H13NO3.Sn/c1-3-5-7(6-4-2)9-10-8;/h8H,1-6H2;/q;+1. The van der Waals surface area contributed by atoms with Crippen LogP contribution in [0.1, 0.15) is 12.8 Å². The van der Waals surface area contributed by atoms with Crippen LogP contribution in [0.3, 0.4) is 0 Å². The van der Waals surface area contributed by atoms with Crippen LogP contribution in [0.2, 0.25) is 8.87 Å². The van der Waals surface area contributed by atoms with Crippen molar-refractivity contribution in [2.75, 3.05) is 13.1 Å². The van der Waals surface area contributed by atoms with E-state index >= 15 is 0 Å². The number of hydrogen-bond acceptors (Lipinski definition) is 4. The first kappa shape index (κ1) is 9.72. The molecule has 5 heteroatoms. The molecule has 0 atom stereocenters. The maximum atomic E-state index is 8.03. The normalized spacial score (nSPS) is 21.9. The summed E-state index contributed by atoms with van der Waals surface area (Å²) in [6.45, 7) is 1.78. The van der Waals surface area contributed by atoms with Crippen LogP contribution in [0.25, 0.3) is 0 Å². The van der Waals surface area contributed by atoms with Crippen LogP contribution in [-0.4, -0.2) is 44.6 Å². The van der Waals surface area contributed by atoms with Crippen LogP contribution in [0.15, 0.2) is 0 Å². The molecule has 4 nitrogen and oxygen atoms in total. The quantitative estimate of drug-likeness (QED) is 0.459. The first-order chi connectivity index (χ1) is 5.43. The molecule has 0 aromatic heterocycles. The SMILES string of the molecule is OOON1CC[CH2][Sn+][CH2]CC1. The van der Waals surface area contributed by atoms with E-state index in [0.717, 1.165) is 13.1 Å². The molecule has 63 valence electrons. The molecule has 0 aliphatic carbocycles. The molecule has 1 fully saturated rings. The maximum absolute atomic E-state index is 8.03. The van der Waals surface area contributed by atoms with Gasteiger partial charge in [-0.25, -0.2) is 0 Å². The van der Waals surface area contributed by atoms with Gasteiger partial charge in [0.2, 0.25) is 0 Å². The Morgan fingerprint density at radius 1 is 1.18 bits per heavy atom. The Balaban J connectivity index is 2.15. The average molecular weight is 266 g/mol. The summed E-state index contributed by atoms with van der Waals surface area (Å²) in [5, 5.41) is 13.3. The van der Waals surface area contributed by atoms with E-state index in [1.807, 2.05) is 0 Å². The minimum absolute atomic E-state index is 0.0134. The second kappa shape index (κ2) is 6.19. The van der Waals surface area contributed by atoms with Crippen LogP contribution < -0.4 is 0 Å². The van der Waals surface area contributed by atoms with E-state index < -0.39 is 0 Å². The Bertz CT molecular complexity index is 95.8. The van der Waals surface area contributed by atoms with Crippen molar-refractivity contribution in [1.29, 1.82) is 0 Å². The third-order valence-corrected chi connectivity index (χ3v) is 5.70. The number of hydroxylamine groups is 2. The summed E-state index contributed by atoms with van der Waals surface area (Å²) in [5.41, 5.74) is 0. The van der Waals surface area contributed by atoms with Gasteiger partial charge in [-0.2, -0.15) is 0 Å². The summed E-state index contributed by atoms with van der Waals surface area (Å²) < 4.78 is 2.82. The Labute approximate surface area is 76.5 Å². The zero-order valence-electron chi connectivity index (χ0n) is 6.45. The van der Waals surface area contributed by atoms with Gasteiger partial charge in [-0.3, -0.25) is 0 Å². The summed E-state index contributed by atoms with van der Waals surface area (Å²) in [6, 6.07) is 0. The van der Waals surface area contributed by atoms with Crippen LogP contribution in [0.5, 0.6) is 0 Å². The van der Waals surface area contributed by atoms with Gasteiger partial charge in [0.1, 0.15) is 0 Å². The second-order valence-corrected chi connectivity index (χ2v) is 6.82. The molecule has 0 amide bonds. The van der Waals surface area contributed by atoms with E-state index in [9.17, 15) is 0 Å². The zero-order chi connectivity index (χ0) is 7.94. The molecule has 11 heavy (non-hydrogen) atoms. The van der Waals surface area contributed by atoms with E-state index in [1.165, 1.54) is 21.7 Å². The molecule has 1 aliphatic rings. The second-order valence-electron chi connectivity index (χ2n) is 2.54. The van der Waals surface area contributed by atoms with Crippen molar-refractivity contribution in [1.82, 2.24) is 5.06 Å². The van der Waals surface area contributed by atoms with Crippen molar-refractivity contribution in [3.05, 3.63) is 0 Å². The van der Waals surface area contributed by atoms with E-state index in [1.54, 1.807) is 5.06 Å². The van der Waals surface area contributed by atoms with Crippen LogP contribution in [0.4, 0.5) is 0 Å². The van der Waals surface area contributed by atoms with Crippen molar-refractivity contribution < 1.29 is 15.3 Å². The Morgan fingerprint density at radius 3 is 2.36 bits per heavy atom. The van der Waals surface area contributed by atoms with Gasteiger partial charge in [-0.05, 0) is 0 Å². The Morgan fingerprint density at radius 2 is 1.82 bits per heavy atom. The van der Waals surface area contributed by atoms with E-state index in [-0.39, 0.29) is 21.1 Å². The van der Waals surface area contributed by atoms with Crippen molar-refractivity contribution in [3.63, 3.8) is 0 Å². The minimum atomic E-state index is -0.0134.